The number of nitrogens with two attached hydrogens (primary N) is 1. The fraction of sp³-hybridized carbons (Fsp3) is 0.412. The van der Waals surface area contributed by atoms with Crippen LogP contribution in [0.5, 0.6) is 0 Å². The average Bonchev–Trinajstić information content (AvgIpc) is 3.81. The smallest absolute Gasteiger partial charge is 0.411 e. The molecule has 54 heavy (non-hydrogen) atoms. The molecule has 1 aliphatic rings. The van der Waals surface area contributed by atoms with Gasteiger partial charge in [-0.15, -0.1) is 0 Å². The lowest BCUT2D eigenvalue weighted by Crippen LogP contribution is -2.54. The fourth-order valence-corrected chi connectivity index (χ4v) is 6.15. The van der Waals surface area contributed by atoms with Gasteiger partial charge in [0.05, 0.1) is 17.3 Å². The highest BCUT2D eigenvalue weighted by atomic mass is 35.5. The van der Waals surface area contributed by atoms with E-state index >= 15 is 0 Å². The molecule has 290 valence electrons. The minimum absolute atomic E-state index is 0.0476. The Kier molecular flexibility index (Phi) is 10.8. The molecule has 12 nitrogen and oxygen atoms in total. The van der Waals surface area contributed by atoms with Crippen LogP contribution in [0, 0.1) is 5.41 Å². The number of benzene rings is 2. The maximum Gasteiger partial charge on any atom is 0.411 e. The van der Waals surface area contributed by atoms with Crippen molar-refractivity contribution in [2.75, 3.05) is 6.61 Å². The molecule has 0 spiro atoms. The van der Waals surface area contributed by atoms with Crippen LogP contribution in [0.2, 0.25) is 5.02 Å². The highest BCUT2D eigenvalue weighted by molar-refractivity contribution is 6.33. The Balaban J connectivity index is 1.59. The molecule has 2 aromatic heterocycles. The molecule has 3 N–H and O–H groups in total. The largest absolute Gasteiger partial charge is 0.447 e. The molecule has 1 aliphatic heterocycles. The van der Waals surface area contributed by atoms with Gasteiger partial charge in [0.15, 0.2) is 17.3 Å². The summed E-state index contributed by atoms with van der Waals surface area (Å²) in [5.74, 6) is -1.43. The molecule has 20 heteroatoms. The summed E-state index contributed by atoms with van der Waals surface area (Å²) in [4.78, 5) is 37.2. The Morgan fingerprint density at radius 3 is 2.22 bits per heavy atom. The van der Waals surface area contributed by atoms with Crippen LogP contribution in [0.1, 0.15) is 71.3 Å². The molecule has 2 atom stereocenters. The van der Waals surface area contributed by atoms with E-state index in [2.05, 4.69) is 20.2 Å². The van der Waals surface area contributed by atoms with Crippen LogP contribution in [0.4, 0.5) is 35.5 Å². The van der Waals surface area contributed by atoms with Crippen LogP contribution in [-0.4, -0.2) is 65.7 Å². The summed E-state index contributed by atoms with van der Waals surface area (Å²) in [7, 11) is 0. The summed E-state index contributed by atoms with van der Waals surface area (Å²) in [5.41, 5.74) is 2.76. The maximum atomic E-state index is 14.9. The molecule has 2 aromatic carbocycles. The van der Waals surface area contributed by atoms with Gasteiger partial charge < -0.3 is 15.8 Å². The van der Waals surface area contributed by atoms with Gasteiger partial charge >= 0.3 is 25.4 Å². The fourth-order valence-electron chi connectivity index (χ4n) is 5.95. The first-order valence-corrected chi connectivity index (χ1v) is 16.5. The highest BCUT2D eigenvalue weighted by Crippen LogP contribution is 2.46. The third kappa shape index (κ3) is 8.00. The van der Waals surface area contributed by atoms with Crippen molar-refractivity contribution < 1.29 is 45.1 Å². The molecular weight excluding hydrogens is 751 g/mol. The standard InChI is InChI=1S/C34H35ClF7N9O3/c1-31(2,3)16-33(21-9-6-18(7-10-21)20-13-45-49(14-20)27(36)37)26(52)50(29(43)47-33)24(15-54-30(53)48-32(4,5)34(40,41)42)19-8-11-23(35)22(12-19)25-44-17-46-51(25)28(38)39/h6-14,17,24,27-28H,15-16H2,1-5H3,(H2,43,47)(H,48,53)/t24?,33-/m1/s1. The number of guanidine groups is 1. The number of amides is 2. The van der Waals surface area contributed by atoms with Crippen molar-refractivity contribution >= 4 is 29.6 Å². The molecule has 5 rings (SSSR count). The Morgan fingerprint density at radius 2 is 1.65 bits per heavy atom. The van der Waals surface area contributed by atoms with Gasteiger partial charge in [-0.1, -0.05) is 62.7 Å². The Morgan fingerprint density at radius 1 is 0.981 bits per heavy atom. The molecule has 4 aromatic rings. The second-order valence-electron chi connectivity index (χ2n) is 14.2. The van der Waals surface area contributed by atoms with Crippen LogP contribution < -0.4 is 11.1 Å². The number of nitrogens with one attached hydrogen (secondary N) is 1. The summed E-state index contributed by atoms with van der Waals surface area (Å²) in [6, 6.07) is 8.92. The van der Waals surface area contributed by atoms with Gasteiger partial charge in [0.2, 0.25) is 0 Å². The number of carbonyl (C=O) groups excluding carboxylic acids is 2. The summed E-state index contributed by atoms with van der Waals surface area (Å²) in [6.07, 6.45) is -2.98. The lowest BCUT2D eigenvalue weighted by Gasteiger charge is -2.35. The molecule has 0 fully saturated rings. The number of hydrogen-bond acceptors (Lipinski definition) is 8. The lowest BCUT2D eigenvalue weighted by atomic mass is 9.75. The number of nitrogens with zero attached hydrogens (tertiary/aromatic N) is 7. The summed E-state index contributed by atoms with van der Waals surface area (Å²) >= 11 is 6.40. The minimum atomic E-state index is -4.86. The average molecular weight is 786 g/mol. The van der Waals surface area contributed by atoms with Crippen molar-refractivity contribution in [3.63, 3.8) is 0 Å². The molecule has 0 saturated heterocycles. The van der Waals surface area contributed by atoms with E-state index in [1.54, 1.807) is 29.6 Å². The van der Waals surface area contributed by atoms with Crippen LogP contribution in [0.3, 0.4) is 0 Å². The van der Waals surface area contributed by atoms with Crippen molar-refractivity contribution in [1.29, 1.82) is 0 Å². The first kappa shape index (κ1) is 40.0. The maximum absolute atomic E-state index is 14.9. The molecule has 3 heterocycles. The quantitative estimate of drug-likeness (QED) is 0.147. The van der Waals surface area contributed by atoms with E-state index in [9.17, 15) is 40.3 Å². The van der Waals surface area contributed by atoms with E-state index in [0.29, 0.717) is 26.1 Å². The predicted octanol–water partition coefficient (Wildman–Crippen LogP) is 7.85. The molecule has 0 bridgehead atoms. The number of aliphatic imine (C=N–C) groups is 1. The van der Waals surface area contributed by atoms with E-state index in [4.69, 9.17) is 22.1 Å². The second kappa shape index (κ2) is 14.6. The number of hydrogen-bond donors (Lipinski definition) is 2. The topological polar surface area (TPSA) is 146 Å². The van der Waals surface area contributed by atoms with Crippen molar-refractivity contribution in [1.82, 2.24) is 34.8 Å². The molecule has 0 radical (unpaired) electrons. The zero-order valence-corrected chi connectivity index (χ0v) is 30.1. The summed E-state index contributed by atoms with van der Waals surface area (Å²) < 4.78 is 101. The zero-order chi connectivity index (χ0) is 40.0. The lowest BCUT2D eigenvalue weighted by molar-refractivity contribution is -0.183. The van der Waals surface area contributed by atoms with Crippen molar-refractivity contribution in [2.45, 2.75) is 77.4 Å². The first-order chi connectivity index (χ1) is 25.0. The summed E-state index contributed by atoms with van der Waals surface area (Å²) in [5, 5.41) is 8.89. The van der Waals surface area contributed by atoms with Crippen LogP contribution in [0.25, 0.3) is 22.5 Å². The third-order valence-electron chi connectivity index (χ3n) is 8.59. The number of aromatic nitrogens is 5. The second-order valence-corrected chi connectivity index (χ2v) is 14.6. The van der Waals surface area contributed by atoms with E-state index in [-0.39, 0.29) is 34.4 Å². The Bertz CT molecular complexity index is 2040. The molecular formula is C34H35ClF7N9O3. The van der Waals surface area contributed by atoms with Crippen molar-refractivity contribution in [3.05, 3.63) is 77.3 Å². The van der Waals surface area contributed by atoms with Gasteiger partial charge in [-0.25, -0.2) is 19.5 Å². The van der Waals surface area contributed by atoms with Gasteiger partial charge in [0.1, 0.15) is 18.5 Å². The Labute approximate surface area is 309 Å². The van der Waals surface area contributed by atoms with Crippen molar-refractivity contribution in [2.24, 2.45) is 16.1 Å². The predicted molar refractivity (Wildman–Crippen MR) is 182 cm³/mol. The summed E-state index contributed by atoms with van der Waals surface area (Å²) in [6.45, 7) is 0.234. The highest BCUT2D eigenvalue weighted by Gasteiger charge is 2.53. The number of rotatable bonds is 11. The third-order valence-corrected chi connectivity index (χ3v) is 8.92. The molecule has 0 saturated carbocycles. The molecule has 2 amide bonds. The van der Waals surface area contributed by atoms with E-state index in [0.717, 1.165) is 31.3 Å². The van der Waals surface area contributed by atoms with E-state index in [1.807, 2.05) is 20.8 Å². The van der Waals surface area contributed by atoms with Crippen LogP contribution in [-0.2, 0) is 15.1 Å². The molecule has 1 unspecified atom stereocenters. The monoisotopic (exact) mass is 785 g/mol. The zero-order valence-electron chi connectivity index (χ0n) is 29.4. The minimum Gasteiger partial charge on any atom is -0.447 e. The number of halogens is 8. The van der Waals surface area contributed by atoms with Gasteiger partial charge in [-0.3, -0.25) is 9.69 Å². The number of alkyl carbamates (subject to hydrolysis) is 1. The number of carbonyl (C=O) groups is 2. The van der Waals surface area contributed by atoms with Gasteiger partial charge in [0, 0.05) is 17.3 Å². The van der Waals surface area contributed by atoms with Crippen LogP contribution in [0.15, 0.2) is 66.2 Å². The normalized spacial score (nSPS) is 17.4. The number of alkyl halides is 7. The Hall–Kier alpha value is -5.20. The van der Waals surface area contributed by atoms with Gasteiger partial charge in [-0.2, -0.15) is 45.6 Å². The van der Waals surface area contributed by atoms with E-state index in [1.165, 1.54) is 24.4 Å². The van der Waals surface area contributed by atoms with Crippen molar-refractivity contribution in [3.8, 4) is 22.5 Å². The van der Waals surface area contributed by atoms with Gasteiger partial charge in [-0.05, 0) is 54.5 Å². The van der Waals surface area contributed by atoms with E-state index < -0.39 is 60.4 Å². The SMILES string of the molecule is CC(C)(C)C[C@]1(c2ccc(-c3cnn(C(F)F)c3)cc2)N=C(N)N(C(COC(=O)NC(C)(C)C(F)(F)F)c2ccc(Cl)c(-c3ncnn3C(F)F)c2)C1=O. The number of ether oxygens (including phenoxy) is 1. The van der Waals surface area contributed by atoms with Crippen LogP contribution >= 0.6 is 11.6 Å². The van der Waals surface area contributed by atoms with Gasteiger partial charge in [0.25, 0.3) is 5.91 Å². The first-order valence-electron chi connectivity index (χ1n) is 16.2. The molecule has 0 aliphatic carbocycles.